The number of rotatable bonds is 4. The Balaban J connectivity index is 1.58. The van der Waals surface area contributed by atoms with E-state index in [1.807, 2.05) is 36.4 Å². The first-order valence-electron chi connectivity index (χ1n) is 13.6. The van der Waals surface area contributed by atoms with Gasteiger partial charge in [-0.05, 0) is 63.7 Å². The third-order valence-electron chi connectivity index (χ3n) is 7.79. The summed E-state index contributed by atoms with van der Waals surface area (Å²) in [4.78, 5) is 36.4. The first-order chi connectivity index (χ1) is 17.5. The summed E-state index contributed by atoms with van der Waals surface area (Å²) >= 11 is 0. The van der Waals surface area contributed by atoms with Crippen LogP contribution in [0.4, 0.5) is 0 Å². The SMILES string of the molecule is CN1CCCN2CCCCN(CCCN(C)C(Cc3ccccc3)C2=O)C(=O)C1Cc1ccccc1. The van der Waals surface area contributed by atoms with Crippen molar-refractivity contribution >= 4 is 11.8 Å². The number of likely N-dealkylation sites (N-methyl/N-ethyl adjacent to an activating group) is 2. The number of carbonyl (C=O) groups excluding carboxylic acids is 2. The van der Waals surface area contributed by atoms with E-state index in [-0.39, 0.29) is 23.9 Å². The van der Waals surface area contributed by atoms with E-state index in [1.54, 1.807) is 0 Å². The van der Waals surface area contributed by atoms with Crippen LogP contribution in [-0.2, 0) is 22.4 Å². The van der Waals surface area contributed by atoms with Crippen molar-refractivity contribution in [2.75, 3.05) is 53.4 Å². The van der Waals surface area contributed by atoms with Crippen LogP contribution in [0.1, 0.15) is 36.8 Å². The molecule has 6 heteroatoms. The second-order valence-corrected chi connectivity index (χ2v) is 10.4. The Morgan fingerprint density at radius 2 is 0.917 bits per heavy atom. The Bertz CT molecular complexity index is 888. The number of carbonyl (C=O) groups is 2. The quantitative estimate of drug-likeness (QED) is 0.660. The number of amides is 2. The average Bonchev–Trinajstić information content (AvgIpc) is 2.89. The van der Waals surface area contributed by atoms with Gasteiger partial charge in [0.05, 0.1) is 12.1 Å². The lowest BCUT2D eigenvalue weighted by Gasteiger charge is -2.37. The minimum atomic E-state index is -0.178. The number of nitrogens with zero attached hydrogens (tertiary/aromatic N) is 4. The van der Waals surface area contributed by atoms with Crippen LogP contribution in [0.15, 0.2) is 60.7 Å². The predicted octanol–water partition coefficient (Wildman–Crippen LogP) is 3.32. The van der Waals surface area contributed by atoms with E-state index in [0.29, 0.717) is 12.8 Å². The largest absolute Gasteiger partial charge is 0.341 e. The van der Waals surface area contributed by atoms with Crippen molar-refractivity contribution in [1.82, 2.24) is 19.6 Å². The third kappa shape index (κ3) is 6.95. The van der Waals surface area contributed by atoms with Gasteiger partial charge < -0.3 is 9.80 Å². The van der Waals surface area contributed by atoms with Crippen LogP contribution >= 0.6 is 0 Å². The van der Waals surface area contributed by atoms with Gasteiger partial charge in [0, 0.05) is 39.3 Å². The zero-order valence-electron chi connectivity index (χ0n) is 22.0. The van der Waals surface area contributed by atoms with Gasteiger partial charge in [-0.2, -0.15) is 0 Å². The highest BCUT2D eigenvalue weighted by Gasteiger charge is 2.32. The molecule has 2 atom stereocenters. The molecule has 2 aromatic carbocycles. The molecular formula is C30H42N4O2. The molecule has 2 aliphatic rings. The maximum atomic E-state index is 13.9. The molecule has 2 fully saturated rings. The molecule has 2 heterocycles. The maximum absolute atomic E-state index is 13.9. The van der Waals surface area contributed by atoms with Gasteiger partial charge in [-0.3, -0.25) is 19.4 Å². The summed E-state index contributed by atoms with van der Waals surface area (Å²) in [5, 5.41) is 0. The maximum Gasteiger partial charge on any atom is 0.240 e. The lowest BCUT2D eigenvalue weighted by Crippen LogP contribution is -2.53. The van der Waals surface area contributed by atoms with Crippen molar-refractivity contribution < 1.29 is 9.59 Å². The summed E-state index contributed by atoms with van der Waals surface area (Å²) in [5.74, 6) is 0.491. The third-order valence-corrected chi connectivity index (χ3v) is 7.79. The molecule has 6 nitrogen and oxygen atoms in total. The summed E-state index contributed by atoms with van der Waals surface area (Å²) in [7, 11) is 4.14. The normalized spacial score (nSPS) is 23.8. The van der Waals surface area contributed by atoms with Gasteiger partial charge in [0.2, 0.25) is 11.8 Å². The van der Waals surface area contributed by atoms with Crippen molar-refractivity contribution in [2.24, 2.45) is 0 Å². The van der Waals surface area contributed by atoms with Crippen LogP contribution in [0.2, 0.25) is 0 Å². The Hall–Kier alpha value is -2.70. The molecular weight excluding hydrogens is 448 g/mol. The number of hydrogen-bond donors (Lipinski definition) is 0. The highest BCUT2D eigenvalue weighted by molar-refractivity contribution is 5.83. The van der Waals surface area contributed by atoms with E-state index in [0.717, 1.165) is 65.0 Å². The van der Waals surface area contributed by atoms with Gasteiger partial charge >= 0.3 is 0 Å². The van der Waals surface area contributed by atoms with Gasteiger partial charge in [-0.25, -0.2) is 0 Å². The fraction of sp³-hybridized carbons (Fsp3) is 0.533. The summed E-state index contributed by atoms with van der Waals surface area (Å²) in [6.07, 6.45) is 5.01. The van der Waals surface area contributed by atoms with Gasteiger partial charge in [-0.1, -0.05) is 60.7 Å². The first-order valence-corrected chi connectivity index (χ1v) is 13.6. The first kappa shape index (κ1) is 26.4. The van der Waals surface area contributed by atoms with Crippen molar-refractivity contribution in [3.63, 3.8) is 0 Å². The molecule has 0 radical (unpaired) electrons. The average molecular weight is 491 g/mol. The molecule has 0 saturated carbocycles. The number of hydrogen-bond acceptors (Lipinski definition) is 4. The Morgan fingerprint density at radius 3 is 1.31 bits per heavy atom. The zero-order chi connectivity index (χ0) is 25.3. The molecule has 0 aromatic heterocycles. The lowest BCUT2D eigenvalue weighted by molar-refractivity contribution is -0.140. The fourth-order valence-electron chi connectivity index (χ4n) is 5.56. The molecule has 2 saturated heterocycles. The van der Waals surface area contributed by atoms with Crippen LogP contribution in [0.3, 0.4) is 0 Å². The van der Waals surface area contributed by atoms with E-state index in [4.69, 9.17) is 0 Å². The van der Waals surface area contributed by atoms with Gasteiger partial charge in [0.25, 0.3) is 0 Å². The van der Waals surface area contributed by atoms with Crippen LogP contribution in [0.25, 0.3) is 0 Å². The number of benzene rings is 2. The van der Waals surface area contributed by atoms with Crippen LogP contribution in [0.5, 0.6) is 0 Å². The monoisotopic (exact) mass is 490 g/mol. The molecule has 0 spiro atoms. The second-order valence-electron chi connectivity index (χ2n) is 10.4. The highest BCUT2D eigenvalue weighted by Crippen LogP contribution is 2.18. The molecule has 0 aliphatic carbocycles. The zero-order valence-corrected chi connectivity index (χ0v) is 22.0. The fourth-order valence-corrected chi connectivity index (χ4v) is 5.56. The Morgan fingerprint density at radius 1 is 0.556 bits per heavy atom. The van der Waals surface area contributed by atoms with Crippen molar-refractivity contribution in [3.8, 4) is 0 Å². The smallest absolute Gasteiger partial charge is 0.240 e. The van der Waals surface area contributed by atoms with Crippen LogP contribution in [-0.4, -0.2) is 96.9 Å². The molecule has 36 heavy (non-hydrogen) atoms. The predicted molar refractivity (Wildman–Crippen MR) is 145 cm³/mol. The lowest BCUT2D eigenvalue weighted by atomic mass is 10.0. The van der Waals surface area contributed by atoms with Gasteiger partial charge in [0.1, 0.15) is 0 Å². The highest BCUT2D eigenvalue weighted by atomic mass is 16.2. The van der Waals surface area contributed by atoms with Crippen molar-refractivity contribution in [3.05, 3.63) is 71.8 Å². The summed E-state index contributed by atoms with van der Waals surface area (Å²) < 4.78 is 0. The molecule has 4 rings (SSSR count). The Labute approximate surface area is 216 Å². The van der Waals surface area contributed by atoms with E-state index in [1.165, 1.54) is 11.1 Å². The topological polar surface area (TPSA) is 47.1 Å². The van der Waals surface area contributed by atoms with Crippen LogP contribution in [0, 0.1) is 0 Å². The Kier molecular flexibility index (Phi) is 9.54. The molecule has 2 unspecified atom stereocenters. The number of fused-ring (bicyclic) bond motifs is 5. The van der Waals surface area contributed by atoms with Crippen LogP contribution < -0.4 is 0 Å². The molecule has 2 aromatic rings. The van der Waals surface area contributed by atoms with Crippen molar-refractivity contribution in [2.45, 2.75) is 50.6 Å². The van der Waals surface area contributed by atoms with E-state index in [9.17, 15) is 9.59 Å². The van der Waals surface area contributed by atoms with Crippen molar-refractivity contribution in [1.29, 1.82) is 0 Å². The van der Waals surface area contributed by atoms with E-state index >= 15 is 0 Å². The van der Waals surface area contributed by atoms with Gasteiger partial charge in [-0.15, -0.1) is 0 Å². The minimum Gasteiger partial charge on any atom is -0.341 e. The summed E-state index contributed by atoms with van der Waals surface area (Å²) in [5.41, 5.74) is 2.38. The molecule has 2 bridgehead atoms. The second kappa shape index (κ2) is 13.0. The summed E-state index contributed by atoms with van der Waals surface area (Å²) in [6.45, 7) is 4.57. The molecule has 194 valence electrons. The molecule has 2 amide bonds. The van der Waals surface area contributed by atoms with E-state index in [2.05, 4.69) is 58.0 Å². The standard InChI is InChI=1S/C30H42N4O2/c1-31-17-11-21-34-20-10-9-19-33(29(35)27(31)23-25-13-5-3-6-14-25)22-12-18-32(2)28(30(34)36)24-26-15-7-4-8-16-26/h3-8,13-16,27-28H,9-12,17-24H2,1-2H3. The minimum absolute atomic E-state index is 0.178. The van der Waals surface area contributed by atoms with Gasteiger partial charge in [0.15, 0.2) is 0 Å². The summed E-state index contributed by atoms with van der Waals surface area (Å²) in [6, 6.07) is 20.3. The van der Waals surface area contributed by atoms with E-state index < -0.39 is 0 Å². The molecule has 2 aliphatic heterocycles. The molecule has 0 N–H and O–H groups in total.